The SMILES string of the molecule is COc1ccc(C(C)NC2CCN(C3CC3)C2)cc1Br. The summed E-state index contributed by atoms with van der Waals surface area (Å²) in [6, 6.07) is 8.24. The summed E-state index contributed by atoms with van der Waals surface area (Å²) in [5.41, 5.74) is 1.31. The Labute approximate surface area is 129 Å². The molecule has 0 amide bonds. The van der Waals surface area contributed by atoms with Gasteiger partial charge >= 0.3 is 0 Å². The Bertz CT molecular complexity index is 476. The van der Waals surface area contributed by atoms with Gasteiger partial charge in [0, 0.05) is 31.2 Å². The first kappa shape index (κ1) is 14.4. The van der Waals surface area contributed by atoms with Crippen molar-refractivity contribution < 1.29 is 4.74 Å². The number of likely N-dealkylation sites (tertiary alicyclic amines) is 1. The molecule has 0 radical (unpaired) electrons. The van der Waals surface area contributed by atoms with Gasteiger partial charge in [0.15, 0.2) is 0 Å². The largest absolute Gasteiger partial charge is 0.496 e. The van der Waals surface area contributed by atoms with E-state index >= 15 is 0 Å². The number of methoxy groups -OCH3 is 1. The minimum atomic E-state index is 0.376. The topological polar surface area (TPSA) is 24.5 Å². The first-order valence-electron chi connectivity index (χ1n) is 7.51. The molecule has 2 aliphatic rings. The quantitative estimate of drug-likeness (QED) is 0.890. The molecule has 1 heterocycles. The molecule has 0 bridgehead atoms. The fourth-order valence-corrected chi connectivity index (χ4v) is 3.65. The third-order valence-corrected chi connectivity index (χ3v) is 5.06. The smallest absolute Gasteiger partial charge is 0.133 e. The van der Waals surface area contributed by atoms with E-state index in [9.17, 15) is 0 Å². The number of benzene rings is 1. The van der Waals surface area contributed by atoms with Crippen molar-refractivity contribution in [3.05, 3.63) is 28.2 Å². The second-order valence-electron chi connectivity index (χ2n) is 5.99. The molecule has 2 atom stereocenters. The van der Waals surface area contributed by atoms with E-state index in [1.165, 1.54) is 37.9 Å². The van der Waals surface area contributed by atoms with Crippen molar-refractivity contribution in [2.45, 2.75) is 44.3 Å². The number of hydrogen-bond donors (Lipinski definition) is 1. The van der Waals surface area contributed by atoms with Crippen molar-refractivity contribution >= 4 is 15.9 Å². The minimum absolute atomic E-state index is 0.376. The lowest BCUT2D eigenvalue weighted by Crippen LogP contribution is -2.34. The van der Waals surface area contributed by atoms with E-state index in [1.807, 2.05) is 6.07 Å². The van der Waals surface area contributed by atoms with Gasteiger partial charge in [-0.2, -0.15) is 0 Å². The van der Waals surface area contributed by atoms with E-state index < -0.39 is 0 Å². The summed E-state index contributed by atoms with van der Waals surface area (Å²) in [4.78, 5) is 2.65. The summed E-state index contributed by atoms with van der Waals surface area (Å²) in [5.74, 6) is 0.890. The van der Waals surface area contributed by atoms with Gasteiger partial charge in [0.1, 0.15) is 5.75 Å². The zero-order valence-corrected chi connectivity index (χ0v) is 13.8. The van der Waals surface area contributed by atoms with Gasteiger partial charge < -0.3 is 10.1 Å². The van der Waals surface area contributed by atoms with Crippen LogP contribution in [0, 0.1) is 0 Å². The monoisotopic (exact) mass is 338 g/mol. The predicted molar refractivity (Wildman–Crippen MR) is 85.2 cm³/mol. The van der Waals surface area contributed by atoms with Crippen LogP contribution in [0.3, 0.4) is 0 Å². The molecular weight excluding hydrogens is 316 g/mol. The standard InChI is InChI=1S/C16H23BrN2O/c1-11(12-3-6-16(20-2)15(17)9-12)18-13-7-8-19(10-13)14-4-5-14/h3,6,9,11,13-14,18H,4-5,7-8,10H2,1-2H3. The molecule has 110 valence electrons. The van der Waals surface area contributed by atoms with Gasteiger partial charge in [-0.15, -0.1) is 0 Å². The minimum Gasteiger partial charge on any atom is -0.496 e. The molecular formula is C16H23BrN2O. The Morgan fingerprint density at radius 1 is 1.35 bits per heavy atom. The summed E-state index contributed by atoms with van der Waals surface area (Å²) in [6.45, 7) is 4.72. The summed E-state index contributed by atoms with van der Waals surface area (Å²) < 4.78 is 6.31. The van der Waals surface area contributed by atoms with E-state index in [2.05, 4.69) is 45.2 Å². The highest BCUT2D eigenvalue weighted by atomic mass is 79.9. The van der Waals surface area contributed by atoms with Gasteiger partial charge in [0.2, 0.25) is 0 Å². The average Bonchev–Trinajstić information content (AvgIpc) is 3.19. The molecule has 1 aliphatic carbocycles. The van der Waals surface area contributed by atoms with Crippen molar-refractivity contribution in [2.24, 2.45) is 0 Å². The maximum Gasteiger partial charge on any atom is 0.133 e. The van der Waals surface area contributed by atoms with Crippen LogP contribution in [0.15, 0.2) is 22.7 Å². The Hall–Kier alpha value is -0.580. The Kier molecular flexibility index (Phi) is 4.34. The summed E-state index contributed by atoms with van der Waals surface area (Å²) >= 11 is 3.56. The van der Waals surface area contributed by atoms with Crippen LogP contribution in [0.25, 0.3) is 0 Å². The fraction of sp³-hybridized carbons (Fsp3) is 0.625. The molecule has 1 aromatic rings. The molecule has 3 nitrogen and oxygen atoms in total. The molecule has 2 unspecified atom stereocenters. The second-order valence-corrected chi connectivity index (χ2v) is 6.85. The number of ether oxygens (including phenoxy) is 1. The summed E-state index contributed by atoms with van der Waals surface area (Å²) in [7, 11) is 1.70. The van der Waals surface area contributed by atoms with Gasteiger partial charge in [0.05, 0.1) is 11.6 Å². The molecule has 1 aliphatic heterocycles. The van der Waals surface area contributed by atoms with Crippen molar-refractivity contribution in [1.82, 2.24) is 10.2 Å². The zero-order valence-electron chi connectivity index (χ0n) is 12.2. The highest BCUT2D eigenvalue weighted by molar-refractivity contribution is 9.10. The van der Waals surface area contributed by atoms with Crippen LogP contribution < -0.4 is 10.1 Å². The van der Waals surface area contributed by atoms with Crippen LogP contribution in [-0.4, -0.2) is 37.2 Å². The lowest BCUT2D eigenvalue weighted by Gasteiger charge is -2.21. The second kappa shape index (κ2) is 6.04. The molecule has 1 saturated heterocycles. The molecule has 0 aromatic heterocycles. The number of nitrogens with one attached hydrogen (secondary N) is 1. The van der Waals surface area contributed by atoms with Crippen LogP contribution in [0.1, 0.15) is 37.8 Å². The van der Waals surface area contributed by atoms with E-state index in [4.69, 9.17) is 4.74 Å². The van der Waals surface area contributed by atoms with Crippen molar-refractivity contribution in [1.29, 1.82) is 0 Å². The number of halogens is 1. The summed E-state index contributed by atoms with van der Waals surface area (Å²) in [5, 5.41) is 3.77. The van der Waals surface area contributed by atoms with Crippen molar-refractivity contribution in [3.8, 4) is 5.75 Å². The van der Waals surface area contributed by atoms with E-state index in [-0.39, 0.29) is 0 Å². The maximum atomic E-state index is 5.29. The molecule has 20 heavy (non-hydrogen) atoms. The third kappa shape index (κ3) is 3.18. The molecule has 0 spiro atoms. The van der Waals surface area contributed by atoms with Gasteiger partial charge in [-0.05, 0) is 59.8 Å². The summed E-state index contributed by atoms with van der Waals surface area (Å²) in [6.07, 6.45) is 4.10. The van der Waals surface area contributed by atoms with Crippen molar-refractivity contribution in [3.63, 3.8) is 0 Å². The van der Waals surface area contributed by atoms with Gasteiger partial charge in [-0.25, -0.2) is 0 Å². The van der Waals surface area contributed by atoms with Crippen LogP contribution >= 0.6 is 15.9 Å². The normalized spacial score (nSPS) is 24.9. The van der Waals surface area contributed by atoms with Gasteiger partial charge in [-0.1, -0.05) is 6.07 Å². The Morgan fingerprint density at radius 3 is 2.80 bits per heavy atom. The van der Waals surface area contributed by atoms with Crippen LogP contribution in [0.4, 0.5) is 0 Å². The van der Waals surface area contributed by atoms with E-state index in [0.717, 1.165) is 16.3 Å². The maximum absolute atomic E-state index is 5.29. The fourth-order valence-electron chi connectivity index (χ4n) is 3.10. The Balaban J connectivity index is 1.58. The van der Waals surface area contributed by atoms with Crippen molar-refractivity contribution in [2.75, 3.05) is 20.2 Å². The molecule has 1 saturated carbocycles. The van der Waals surface area contributed by atoms with E-state index in [1.54, 1.807) is 7.11 Å². The van der Waals surface area contributed by atoms with Crippen LogP contribution in [-0.2, 0) is 0 Å². The first-order valence-corrected chi connectivity index (χ1v) is 8.30. The Morgan fingerprint density at radius 2 is 2.15 bits per heavy atom. The molecule has 3 rings (SSSR count). The molecule has 4 heteroatoms. The van der Waals surface area contributed by atoms with Gasteiger partial charge in [-0.3, -0.25) is 4.90 Å². The lowest BCUT2D eigenvalue weighted by molar-refractivity contribution is 0.313. The van der Waals surface area contributed by atoms with E-state index in [0.29, 0.717) is 12.1 Å². The predicted octanol–water partition coefficient (Wildman–Crippen LogP) is 3.35. The molecule has 1 aromatic carbocycles. The van der Waals surface area contributed by atoms with Crippen LogP contribution in [0.2, 0.25) is 0 Å². The highest BCUT2D eigenvalue weighted by Crippen LogP contribution is 2.31. The lowest BCUT2D eigenvalue weighted by atomic mass is 10.1. The molecule has 2 fully saturated rings. The van der Waals surface area contributed by atoms with Gasteiger partial charge in [0.25, 0.3) is 0 Å². The third-order valence-electron chi connectivity index (χ3n) is 4.44. The number of hydrogen-bond acceptors (Lipinski definition) is 3. The molecule has 1 N–H and O–H groups in total. The first-order chi connectivity index (χ1) is 9.67. The average molecular weight is 339 g/mol. The number of rotatable bonds is 5. The highest BCUT2D eigenvalue weighted by Gasteiger charge is 2.34. The van der Waals surface area contributed by atoms with Crippen LogP contribution in [0.5, 0.6) is 5.75 Å². The number of nitrogens with zero attached hydrogens (tertiary/aromatic N) is 1. The zero-order chi connectivity index (χ0) is 14.1.